The number of nitrogens with two attached hydrogens (primary N) is 1. The van der Waals surface area contributed by atoms with Gasteiger partial charge in [0, 0.05) is 51.9 Å². The summed E-state index contributed by atoms with van der Waals surface area (Å²) in [6, 6.07) is 35.8. The molecule has 200 valence electrons. The third-order valence-electron chi connectivity index (χ3n) is 8.09. The summed E-state index contributed by atoms with van der Waals surface area (Å²) in [6.45, 7) is 5.06. The van der Waals surface area contributed by atoms with Crippen LogP contribution >= 0.6 is 0 Å². The van der Waals surface area contributed by atoms with Crippen molar-refractivity contribution in [1.29, 1.82) is 0 Å². The average Bonchev–Trinajstić information content (AvgIpc) is 3.54. The number of aryl methyl sites for hydroxylation is 1. The Hall–Kier alpha value is -4.93. The van der Waals surface area contributed by atoms with Crippen LogP contribution in [0.25, 0.3) is 50.2 Å². The normalized spacial score (nSPS) is 14.3. The Morgan fingerprint density at radius 1 is 0.780 bits per heavy atom. The lowest BCUT2D eigenvalue weighted by atomic mass is 10.0. The summed E-state index contributed by atoms with van der Waals surface area (Å²) < 4.78 is 4.65. The Labute approximate surface area is 240 Å². The number of hydrogen-bond donors (Lipinski definition) is 1. The van der Waals surface area contributed by atoms with Crippen molar-refractivity contribution in [3.8, 4) is 0 Å². The van der Waals surface area contributed by atoms with Gasteiger partial charge in [0.2, 0.25) is 0 Å². The number of allylic oxidation sites excluding steroid dienone is 3. The van der Waals surface area contributed by atoms with Crippen LogP contribution in [0.15, 0.2) is 127 Å². The van der Waals surface area contributed by atoms with Crippen molar-refractivity contribution < 1.29 is 0 Å². The second-order valence-electron chi connectivity index (χ2n) is 10.5. The minimum Gasteiger partial charge on any atom is -0.329 e. The molecule has 0 amide bonds. The Morgan fingerprint density at radius 2 is 1.37 bits per heavy atom. The van der Waals surface area contributed by atoms with E-state index in [2.05, 4.69) is 107 Å². The molecule has 1 aliphatic rings. The molecule has 2 aromatic heterocycles. The number of hydrogen-bond acceptors (Lipinski definition) is 2. The Kier molecular flexibility index (Phi) is 6.46. The molecule has 0 fully saturated rings. The molecule has 7 rings (SSSR count). The van der Waals surface area contributed by atoms with Gasteiger partial charge in [-0.3, -0.25) is 4.99 Å². The van der Waals surface area contributed by atoms with Crippen LogP contribution in [-0.4, -0.2) is 21.9 Å². The molecule has 0 aliphatic heterocycles. The van der Waals surface area contributed by atoms with Gasteiger partial charge in [0.05, 0.1) is 22.2 Å². The molecule has 4 nitrogen and oxygen atoms in total. The highest BCUT2D eigenvalue weighted by Gasteiger charge is 2.22. The lowest BCUT2D eigenvalue weighted by molar-refractivity contribution is 0.854. The van der Waals surface area contributed by atoms with Gasteiger partial charge < -0.3 is 14.9 Å². The van der Waals surface area contributed by atoms with Gasteiger partial charge in [-0.2, -0.15) is 0 Å². The lowest BCUT2D eigenvalue weighted by Crippen LogP contribution is -2.21. The van der Waals surface area contributed by atoms with E-state index in [1.165, 1.54) is 32.9 Å². The Balaban J connectivity index is 1.47. The minimum absolute atomic E-state index is 0.153. The van der Waals surface area contributed by atoms with Crippen LogP contribution in [0.3, 0.4) is 0 Å². The molecule has 0 spiro atoms. The van der Waals surface area contributed by atoms with Gasteiger partial charge in [-0.05, 0) is 60.9 Å². The highest BCUT2D eigenvalue weighted by molar-refractivity contribution is 6.11. The van der Waals surface area contributed by atoms with E-state index in [9.17, 15) is 0 Å². The molecule has 1 atom stereocenters. The molecular weight excluding hydrogens is 500 g/mol. The summed E-state index contributed by atoms with van der Waals surface area (Å²) >= 11 is 0. The van der Waals surface area contributed by atoms with Gasteiger partial charge in [0.25, 0.3) is 0 Å². The molecule has 2 heterocycles. The smallest absolute Gasteiger partial charge is 0.0625 e. The van der Waals surface area contributed by atoms with E-state index in [4.69, 9.17) is 10.7 Å². The van der Waals surface area contributed by atoms with E-state index >= 15 is 0 Å². The Bertz CT molecular complexity index is 1950. The fourth-order valence-corrected chi connectivity index (χ4v) is 6.22. The SMILES string of the molecule is C=C(/C=C(\C(C=Nc1ccccc1)CN)n1c2ccccc2c2ccccc21)n1c2c(c3ccccc31)CCC=C2. The maximum Gasteiger partial charge on any atom is 0.0625 e. The summed E-state index contributed by atoms with van der Waals surface area (Å²) in [5.74, 6) is -0.153. The molecular formula is C37H32N4. The third-order valence-corrected chi connectivity index (χ3v) is 8.09. The first-order chi connectivity index (χ1) is 20.2. The summed E-state index contributed by atoms with van der Waals surface area (Å²) in [7, 11) is 0. The standard InChI is InChI=1S/C37H32N4/c1-26(40-33-19-9-5-15-29(33)30-16-6-10-20-34(30)40)23-37(27(24-38)25-39-28-13-3-2-4-14-28)41-35-21-11-7-17-31(35)32-18-8-12-22-36(32)41/h2-5,7-15,17-23,25,27H,1,6,16,24,38H2/b37-23+,39-25?. The van der Waals surface area contributed by atoms with Gasteiger partial charge in [-0.15, -0.1) is 0 Å². The summed E-state index contributed by atoms with van der Waals surface area (Å²) in [6.07, 6.45) is 10.8. The maximum absolute atomic E-state index is 6.53. The first-order valence-corrected chi connectivity index (χ1v) is 14.2. The zero-order valence-electron chi connectivity index (χ0n) is 22.9. The van der Waals surface area contributed by atoms with Gasteiger partial charge >= 0.3 is 0 Å². The predicted molar refractivity (Wildman–Crippen MR) is 175 cm³/mol. The molecule has 1 unspecified atom stereocenters. The topological polar surface area (TPSA) is 48.2 Å². The van der Waals surface area contributed by atoms with Crippen molar-refractivity contribution in [3.05, 3.63) is 133 Å². The van der Waals surface area contributed by atoms with Crippen LogP contribution in [0, 0.1) is 5.92 Å². The maximum atomic E-state index is 6.53. The van der Waals surface area contributed by atoms with Crippen LogP contribution in [0.1, 0.15) is 17.7 Å². The average molecular weight is 533 g/mol. The molecule has 0 saturated carbocycles. The molecule has 0 saturated heterocycles. The molecule has 4 heteroatoms. The number of rotatable bonds is 7. The third kappa shape index (κ3) is 4.33. The van der Waals surface area contributed by atoms with E-state index < -0.39 is 0 Å². The summed E-state index contributed by atoms with van der Waals surface area (Å²) in [5, 5.41) is 3.71. The van der Waals surface area contributed by atoms with E-state index in [1.54, 1.807) is 0 Å². The molecule has 2 N–H and O–H groups in total. The van der Waals surface area contributed by atoms with Crippen LogP contribution in [0.2, 0.25) is 0 Å². The van der Waals surface area contributed by atoms with E-state index in [0.717, 1.165) is 41.0 Å². The van der Waals surface area contributed by atoms with Crippen molar-refractivity contribution in [2.24, 2.45) is 16.6 Å². The number of para-hydroxylation sites is 4. The lowest BCUT2D eigenvalue weighted by Gasteiger charge is -2.21. The largest absolute Gasteiger partial charge is 0.329 e. The number of fused-ring (bicyclic) bond motifs is 6. The van der Waals surface area contributed by atoms with Crippen molar-refractivity contribution in [3.63, 3.8) is 0 Å². The van der Waals surface area contributed by atoms with Crippen LogP contribution in [0.4, 0.5) is 5.69 Å². The fourth-order valence-electron chi connectivity index (χ4n) is 6.22. The van der Waals surface area contributed by atoms with Crippen molar-refractivity contribution >= 4 is 62.1 Å². The summed E-state index contributed by atoms with van der Waals surface area (Å²) in [5.41, 5.74) is 15.4. The zero-order chi connectivity index (χ0) is 27.8. The highest BCUT2D eigenvalue weighted by atomic mass is 15.0. The van der Waals surface area contributed by atoms with Crippen LogP contribution in [0.5, 0.6) is 0 Å². The van der Waals surface area contributed by atoms with Crippen molar-refractivity contribution in [2.45, 2.75) is 12.8 Å². The number of benzene rings is 4. The molecule has 41 heavy (non-hydrogen) atoms. The van der Waals surface area contributed by atoms with Crippen molar-refractivity contribution in [2.75, 3.05) is 6.54 Å². The zero-order valence-corrected chi connectivity index (χ0v) is 22.9. The van der Waals surface area contributed by atoms with Gasteiger partial charge in [0.1, 0.15) is 0 Å². The fraction of sp³-hybridized carbons (Fsp3) is 0.108. The van der Waals surface area contributed by atoms with Gasteiger partial charge in [-0.1, -0.05) is 85.5 Å². The first kappa shape index (κ1) is 25.1. The van der Waals surface area contributed by atoms with E-state index in [1.807, 2.05) is 36.5 Å². The van der Waals surface area contributed by atoms with E-state index in [0.29, 0.717) is 6.54 Å². The quantitative estimate of drug-likeness (QED) is 0.162. The second-order valence-corrected chi connectivity index (χ2v) is 10.5. The predicted octanol–water partition coefficient (Wildman–Crippen LogP) is 8.70. The number of nitrogens with zero attached hydrogens (tertiary/aromatic N) is 3. The van der Waals surface area contributed by atoms with Crippen LogP contribution < -0.4 is 5.73 Å². The molecule has 0 bridgehead atoms. The Morgan fingerprint density at radius 3 is 2.02 bits per heavy atom. The molecule has 1 aliphatic carbocycles. The molecule has 0 radical (unpaired) electrons. The van der Waals surface area contributed by atoms with Crippen molar-refractivity contribution in [1.82, 2.24) is 9.13 Å². The van der Waals surface area contributed by atoms with Gasteiger partial charge in [-0.25, -0.2) is 0 Å². The van der Waals surface area contributed by atoms with Gasteiger partial charge in [0.15, 0.2) is 0 Å². The second kappa shape index (κ2) is 10.6. The monoisotopic (exact) mass is 532 g/mol. The first-order valence-electron chi connectivity index (χ1n) is 14.2. The number of aliphatic imine (C=N–C) groups is 1. The summed E-state index contributed by atoms with van der Waals surface area (Å²) in [4.78, 5) is 4.85. The molecule has 6 aromatic rings. The minimum atomic E-state index is -0.153. The number of aromatic nitrogens is 2. The van der Waals surface area contributed by atoms with E-state index in [-0.39, 0.29) is 5.92 Å². The van der Waals surface area contributed by atoms with Crippen LogP contribution in [-0.2, 0) is 6.42 Å². The highest BCUT2D eigenvalue weighted by Crippen LogP contribution is 2.37. The molecule has 4 aromatic carbocycles.